The molecule has 0 bridgehead atoms. The molecule has 0 aliphatic rings. The van der Waals surface area contributed by atoms with Gasteiger partial charge in [-0.3, -0.25) is 0 Å². The van der Waals surface area contributed by atoms with Gasteiger partial charge in [0, 0.05) is 17.8 Å². The number of aliphatic carboxylic acids is 1. The van der Waals surface area contributed by atoms with Crippen LogP contribution in [0.4, 0.5) is 5.69 Å². The molecule has 21 heavy (non-hydrogen) atoms. The molecule has 2 rings (SSSR count). The Labute approximate surface area is 128 Å². The van der Waals surface area contributed by atoms with E-state index in [1.54, 1.807) is 37.4 Å². The van der Waals surface area contributed by atoms with Gasteiger partial charge in [-0.2, -0.15) is 0 Å². The maximum Gasteiger partial charge on any atom is 0.330 e. The lowest BCUT2D eigenvalue weighted by molar-refractivity contribution is -0.138. The molecule has 0 heterocycles. The Balaban J connectivity index is 2.26. The molecule has 2 aromatic carbocycles. The monoisotopic (exact) mass is 305 g/mol. The van der Waals surface area contributed by atoms with Gasteiger partial charge in [0.25, 0.3) is 0 Å². The van der Waals surface area contributed by atoms with Gasteiger partial charge in [-0.1, -0.05) is 41.9 Å². The number of halogens is 1. The van der Waals surface area contributed by atoms with Crippen molar-refractivity contribution < 1.29 is 14.6 Å². The number of hydrogen-bond donors (Lipinski definition) is 2. The average Bonchev–Trinajstić information content (AvgIpc) is 2.45. The van der Waals surface area contributed by atoms with Gasteiger partial charge in [0.2, 0.25) is 0 Å². The van der Waals surface area contributed by atoms with Crippen LogP contribution >= 0.6 is 11.6 Å². The molecule has 0 aliphatic carbocycles. The fraction of sp³-hybridized carbons (Fsp3) is 0.188. The number of rotatable bonds is 6. The molecule has 0 saturated carbocycles. The van der Waals surface area contributed by atoms with Gasteiger partial charge in [0.05, 0.1) is 6.61 Å². The Morgan fingerprint density at radius 2 is 2.05 bits per heavy atom. The van der Waals surface area contributed by atoms with Crippen molar-refractivity contribution in [2.75, 3.05) is 12.4 Å². The molecule has 0 aromatic heterocycles. The summed E-state index contributed by atoms with van der Waals surface area (Å²) in [7, 11) is 1.60. The molecule has 0 amide bonds. The minimum absolute atomic E-state index is 0.442. The summed E-state index contributed by atoms with van der Waals surface area (Å²) in [6.45, 7) is 0.442. The van der Waals surface area contributed by atoms with Crippen molar-refractivity contribution in [2.24, 2.45) is 0 Å². The summed E-state index contributed by atoms with van der Waals surface area (Å²) in [4.78, 5) is 11.5. The van der Waals surface area contributed by atoms with Crippen LogP contribution in [0, 0.1) is 0 Å². The third kappa shape index (κ3) is 4.21. The number of methoxy groups -OCH3 is 1. The third-order valence-corrected chi connectivity index (χ3v) is 3.21. The molecule has 0 saturated heterocycles. The lowest BCUT2D eigenvalue weighted by Gasteiger charge is -2.17. The quantitative estimate of drug-likeness (QED) is 0.854. The summed E-state index contributed by atoms with van der Waals surface area (Å²) in [5.74, 6) is -0.954. The molecule has 1 unspecified atom stereocenters. The second-order valence-electron chi connectivity index (χ2n) is 4.60. The van der Waals surface area contributed by atoms with Crippen LogP contribution in [0.25, 0.3) is 0 Å². The predicted octanol–water partition coefficient (Wildman–Crippen LogP) is 3.72. The normalized spacial score (nSPS) is 11.9. The SMILES string of the molecule is COCc1cccc(C(Nc2cccc(Cl)c2)C(=O)O)c1. The molecule has 0 spiro atoms. The van der Waals surface area contributed by atoms with E-state index in [1.807, 2.05) is 18.2 Å². The van der Waals surface area contributed by atoms with Gasteiger partial charge >= 0.3 is 5.97 Å². The smallest absolute Gasteiger partial charge is 0.330 e. The summed E-state index contributed by atoms with van der Waals surface area (Å²) in [5, 5.41) is 13.0. The van der Waals surface area contributed by atoms with E-state index in [0.29, 0.717) is 22.9 Å². The van der Waals surface area contributed by atoms with Crippen LogP contribution in [0.1, 0.15) is 17.2 Å². The summed E-state index contributed by atoms with van der Waals surface area (Å²) < 4.78 is 5.07. The average molecular weight is 306 g/mol. The van der Waals surface area contributed by atoms with Crippen molar-refractivity contribution in [3.63, 3.8) is 0 Å². The zero-order valence-corrected chi connectivity index (χ0v) is 12.3. The van der Waals surface area contributed by atoms with Crippen LogP contribution in [-0.2, 0) is 16.1 Å². The molecular weight excluding hydrogens is 290 g/mol. The zero-order chi connectivity index (χ0) is 15.2. The minimum atomic E-state index is -0.954. The summed E-state index contributed by atoms with van der Waals surface area (Å²) in [6.07, 6.45) is 0. The molecule has 0 fully saturated rings. The predicted molar refractivity (Wildman–Crippen MR) is 82.6 cm³/mol. The molecular formula is C16H16ClNO3. The number of carboxylic acids is 1. The van der Waals surface area contributed by atoms with E-state index < -0.39 is 12.0 Å². The maximum absolute atomic E-state index is 11.5. The minimum Gasteiger partial charge on any atom is -0.479 e. The molecule has 110 valence electrons. The van der Waals surface area contributed by atoms with Crippen molar-refractivity contribution >= 4 is 23.3 Å². The van der Waals surface area contributed by atoms with Crippen molar-refractivity contribution in [1.29, 1.82) is 0 Å². The molecule has 0 aliphatic heterocycles. The van der Waals surface area contributed by atoms with Crippen LogP contribution < -0.4 is 5.32 Å². The molecule has 5 heteroatoms. The number of carbonyl (C=O) groups is 1. The van der Waals surface area contributed by atoms with Gasteiger partial charge in [-0.25, -0.2) is 4.79 Å². The number of hydrogen-bond acceptors (Lipinski definition) is 3. The van der Waals surface area contributed by atoms with Crippen molar-refractivity contribution in [3.8, 4) is 0 Å². The first-order valence-corrected chi connectivity index (χ1v) is 6.80. The highest BCUT2D eigenvalue weighted by atomic mass is 35.5. The van der Waals surface area contributed by atoms with E-state index in [0.717, 1.165) is 5.56 Å². The van der Waals surface area contributed by atoms with Crippen molar-refractivity contribution in [2.45, 2.75) is 12.6 Å². The fourth-order valence-electron chi connectivity index (χ4n) is 2.06. The van der Waals surface area contributed by atoms with E-state index in [4.69, 9.17) is 16.3 Å². The largest absolute Gasteiger partial charge is 0.479 e. The van der Waals surface area contributed by atoms with Crippen LogP contribution in [0.5, 0.6) is 0 Å². The fourth-order valence-corrected chi connectivity index (χ4v) is 2.25. The lowest BCUT2D eigenvalue weighted by Crippen LogP contribution is -2.20. The molecule has 4 nitrogen and oxygen atoms in total. The van der Waals surface area contributed by atoms with Gasteiger partial charge in [0.15, 0.2) is 6.04 Å². The van der Waals surface area contributed by atoms with Gasteiger partial charge in [-0.15, -0.1) is 0 Å². The lowest BCUT2D eigenvalue weighted by atomic mass is 10.0. The molecule has 1 atom stereocenters. The van der Waals surface area contributed by atoms with E-state index in [9.17, 15) is 9.90 Å². The summed E-state index contributed by atoms with van der Waals surface area (Å²) >= 11 is 5.92. The van der Waals surface area contributed by atoms with E-state index in [-0.39, 0.29) is 0 Å². The molecule has 2 aromatic rings. The standard InChI is InChI=1S/C16H16ClNO3/c1-21-10-11-4-2-5-12(8-11)15(16(19)20)18-14-7-3-6-13(17)9-14/h2-9,15,18H,10H2,1H3,(H,19,20). The highest BCUT2D eigenvalue weighted by molar-refractivity contribution is 6.30. The first-order chi connectivity index (χ1) is 10.1. The molecule has 2 N–H and O–H groups in total. The number of nitrogens with one attached hydrogen (secondary N) is 1. The van der Waals surface area contributed by atoms with Crippen molar-refractivity contribution in [3.05, 3.63) is 64.7 Å². The highest BCUT2D eigenvalue weighted by Crippen LogP contribution is 2.23. The second-order valence-corrected chi connectivity index (χ2v) is 5.04. The Kier molecular flexibility index (Phi) is 5.20. The van der Waals surface area contributed by atoms with E-state index >= 15 is 0 Å². The highest BCUT2D eigenvalue weighted by Gasteiger charge is 2.20. The summed E-state index contributed by atoms with van der Waals surface area (Å²) in [5.41, 5.74) is 2.25. The van der Waals surface area contributed by atoms with Gasteiger partial charge < -0.3 is 15.2 Å². The first kappa shape index (κ1) is 15.4. The number of ether oxygens (including phenoxy) is 1. The maximum atomic E-state index is 11.5. The zero-order valence-electron chi connectivity index (χ0n) is 11.5. The number of anilines is 1. The van der Waals surface area contributed by atoms with Crippen LogP contribution in [0.3, 0.4) is 0 Å². The second kappa shape index (κ2) is 7.11. The van der Waals surface area contributed by atoms with E-state index in [2.05, 4.69) is 5.32 Å². The number of benzene rings is 2. The molecule has 0 radical (unpaired) electrons. The van der Waals surface area contributed by atoms with Crippen LogP contribution in [-0.4, -0.2) is 18.2 Å². The number of carboxylic acid groups (broad SMARTS) is 1. The van der Waals surface area contributed by atoms with Gasteiger partial charge in [-0.05, 0) is 29.3 Å². The van der Waals surface area contributed by atoms with Crippen LogP contribution in [0.2, 0.25) is 5.02 Å². The first-order valence-electron chi connectivity index (χ1n) is 6.43. The summed E-state index contributed by atoms with van der Waals surface area (Å²) in [6, 6.07) is 13.4. The Morgan fingerprint density at radius 3 is 2.71 bits per heavy atom. The Hall–Kier alpha value is -2.04. The van der Waals surface area contributed by atoms with Gasteiger partial charge in [0.1, 0.15) is 0 Å². The Morgan fingerprint density at radius 1 is 1.29 bits per heavy atom. The third-order valence-electron chi connectivity index (χ3n) is 2.98. The van der Waals surface area contributed by atoms with Crippen molar-refractivity contribution in [1.82, 2.24) is 0 Å². The topological polar surface area (TPSA) is 58.6 Å². The van der Waals surface area contributed by atoms with Crippen LogP contribution in [0.15, 0.2) is 48.5 Å². The Bertz CT molecular complexity index is 630. The van der Waals surface area contributed by atoms with E-state index in [1.165, 1.54) is 0 Å².